The fourth-order valence-electron chi connectivity index (χ4n) is 4.73. The lowest BCUT2D eigenvalue weighted by Gasteiger charge is -2.32. The number of ether oxygens (including phenoxy) is 1. The van der Waals surface area contributed by atoms with E-state index in [4.69, 9.17) is 15.5 Å². The lowest BCUT2D eigenvalue weighted by atomic mass is 10.1. The molecule has 8 nitrogen and oxygen atoms in total. The van der Waals surface area contributed by atoms with Crippen molar-refractivity contribution in [3.05, 3.63) is 30.1 Å². The second-order valence-electron chi connectivity index (χ2n) is 10.1. The van der Waals surface area contributed by atoms with Gasteiger partial charge in [0.25, 0.3) is 0 Å². The summed E-state index contributed by atoms with van der Waals surface area (Å²) in [5, 5.41) is 4.49. The first kappa shape index (κ1) is 24.9. The molecule has 1 aromatic carbocycles. The van der Waals surface area contributed by atoms with Gasteiger partial charge in [-0.1, -0.05) is 25.1 Å². The Hall–Kier alpha value is -2.26. The number of nitrogens with zero attached hydrogens (tertiary/aromatic N) is 5. The standard InChI is InChI=1S/C26H41N7O/c1-5-28-18-22-30-23-24(20-10-6-7-11-21(20)29-25(23)27)33(22)19-26(2,3)34-17-9-8-12-32-15-13-31(4)14-16-32/h6-7,10-11,28H,5,8-9,12-19H2,1-4H3,(H2,27,29). The number of benzene rings is 1. The number of nitrogens with one attached hydrogen (secondary N) is 1. The maximum absolute atomic E-state index is 6.42. The average Bonchev–Trinajstić information content (AvgIpc) is 3.17. The number of hydrogen-bond donors (Lipinski definition) is 2. The van der Waals surface area contributed by atoms with Crippen molar-refractivity contribution in [2.75, 3.05) is 58.7 Å². The number of piperazine rings is 1. The van der Waals surface area contributed by atoms with E-state index in [1.54, 1.807) is 0 Å². The number of fused-ring (bicyclic) bond motifs is 3. The summed E-state index contributed by atoms with van der Waals surface area (Å²) in [6, 6.07) is 8.15. The maximum atomic E-state index is 6.42. The summed E-state index contributed by atoms with van der Waals surface area (Å²) in [6.07, 6.45) is 2.25. The van der Waals surface area contributed by atoms with Crippen LogP contribution in [0.5, 0.6) is 0 Å². The molecule has 3 aromatic rings. The number of nitrogen functional groups attached to an aromatic ring is 1. The van der Waals surface area contributed by atoms with E-state index < -0.39 is 0 Å². The molecule has 0 radical (unpaired) electrons. The minimum atomic E-state index is -0.332. The Kier molecular flexibility index (Phi) is 8.03. The molecule has 0 spiro atoms. The zero-order valence-corrected chi connectivity index (χ0v) is 21.3. The van der Waals surface area contributed by atoms with Crippen molar-refractivity contribution in [3.8, 4) is 0 Å². The van der Waals surface area contributed by atoms with Crippen LogP contribution in [0.15, 0.2) is 24.3 Å². The molecule has 0 atom stereocenters. The molecular weight excluding hydrogens is 426 g/mol. The minimum Gasteiger partial charge on any atom is -0.382 e. The van der Waals surface area contributed by atoms with Crippen LogP contribution in [0, 0.1) is 0 Å². The average molecular weight is 468 g/mol. The summed E-state index contributed by atoms with van der Waals surface area (Å²) in [5.74, 6) is 1.45. The molecule has 0 amide bonds. The molecular formula is C26H41N7O. The Morgan fingerprint density at radius 3 is 2.62 bits per heavy atom. The molecule has 0 bridgehead atoms. The Bertz CT molecular complexity index is 1090. The number of likely N-dealkylation sites (N-methyl/N-ethyl adjacent to an activating group) is 1. The van der Waals surface area contributed by atoms with E-state index in [0.29, 0.717) is 18.9 Å². The van der Waals surface area contributed by atoms with E-state index in [0.717, 1.165) is 53.9 Å². The molecule has 1 aliphatic rings. The van der Waals surface area contributed by atoms with Crippen LogP contribution in [0.2, 0.25) is 0 Å². The van der Waals surface area contributed by atoms with E-state index in [1.807, 2.05) is 18.2 Å². The zero-order valence-electron chi connectivity index (χ0n) is 21.3. The zero-order chi connectivity index (χ0) is 24.1. The minimum absolute atomic E-state index is 0.332. The number of rotatable bonds is 11. The molecule has 1 fully saturated rings. The van der Waals surface area contributed by atoms with Crippen molar-refractivity contribution in [2.24, 2.45) is 0 Å². The normalized spacial score (nSPS) is 16.1. The number of imidazole rings is 1. The highest BCUT2D eigenvalue weighted by Gasteiger charge is 2.25. The van der Waals surface area contributed by atoms with Crippen LogP contribution in [0.3, 0.4) is 0 Å². The van der Waals surface area contributed by atoms with E-state index in [9.17, 15) is 0 Å². The number of aromatic nitrogens is 3. The molecule has 1 saturated heterocycles. The van der Waals surface area contributed by atoms with Crippen molar-refractivity contribution in [3.63, 3.8) is 0 Å². The van der Waals surface area contributed by atoms with E-state index in [2.05, 4.69) is 58.6 Å². The van der Waals surface area contributed by atoms with Crippen LogP contribution >= 0.6 is 0 Å². The summed E-state index contributed by atoms with van der Waals surface area (Å²) < 4.78 is 8.70. The largest absolute Gasteiger partial charge is 0.382 e. The highest BCUT2D eigenvalue weighted by atomic mass is 16.5. The van der Waals surface area contributed by atoms with Crippen LogP contribution in [0.1, 0.15) is 39.4 Å². The van der Waals surface area contributed by atoms with E-state index in [1.165, 1.54) is 32.6 Å². The van der Waals surface area contributed by atoms with Crippen LogP contribution in [-0.4, -0.2) is 82.9 Å². The van der Waals surface area contributed by atoms with Crippen LogP contribution in [0.25, 0.3) is 21.9 Å². The first-order chi connectivity index (χ1) is 16.4. The lowest BCUT2D eigenvalue weighted by molar-refractivity contribution is -0.0314. The summed E-state index contributed by atoms with van der Waals surface area (Å²) in [6.45, 7) is 15.3. The van der Waals surface area contributed by atoms with Gasteiger partial charge in [-0.2, -0.15) is 0 Å². The molecule has 8 heteroatoms. The van der Waals surface area contributed by atoms with Gasteiger partial charge in [0.2, 0.25) is 0 Å². The smallest absolute Gasteiger partial charge is 0.152 e. The Morgan fingerprint density at radius 2 is 1.85 bits per heavy atom. The summed E-state index contributed by atoms with van der Waals surface area (Å²) in [7, 11) is 2.20. The number of pyridine rings is 1. The number of para-hydroxylation sites is 1. The maximum Gasteiger partial charge on any atom is 0.152 e. The predicted octanol–water partition coefficient (Wildman–Crippen LogP) is 3.10. The molecule has 0 unspecified atom stereocenters. The van der Waals surface area contributed by atoms with Gasteiger partial charge in [0, 0.05) is 38.2 Å². The number of unbranched alkanes of at least 4 members (excludes halogenated alkanes) is 1. The second kappa shape index (κ2) is 11.0. The molecule has 3 heterocycles. The first-order valence-corrected chi connectivity index (χ1v) is 12.7. The Balaban J connectivity index is 1.46. The van der Waals surface area contributed by atoms with Gasteiger partial charge in [-0.05, 0) is 52.9 Å². The van der Waals surface area contributed by atoms with Crippen molar-refractivity contribution in [2.45, 2.75) is 52.3 Å². The number of hydrogen-bond acceptors (Lipinski definition) is 7. The SMILES string of the molecule is CCNCc1nc2c(N)nc3ccccc3c2n1CC(C)(C)OCCCCN1CCN(C)CC1. The molecule has 4 rings (SSSR count). The van der Waals surface area contributed by atoms with Crippen molar-refractivity contribution >= 4 is 27.8 Å². The van der Waals surface area contributed by atoms with Gasteiger partial charge in [0.05, 0.1) is 29.7 Å². The molecule has 34 heavy (non-hydrogen) atoms. The lowest BCUT2D eigenvalue weighted by Crippen LogP contribution is -2.44. The Labute approximate surface area is 203 Å². The summed E-state index contributed by atoms with van der Waals surface area (Å²) >= 11 is 0. The van der Waals surface area contributed by atoms with Crippen molar-refractivity contribution < 1.29 is 4.74 Å². The third-order valence-corrected chi connectivity index (χ3v) is 6.72. The quantitative estimate of drug-likeness (QED) is 0.419. The molecule has 186 valence electrons. The third kappa shape index (κ3) is 5.86. The van der Waals surface area contributed by atoms with Crippen molar-refractivity contribution in [1.82, 2.24) is 29.7 Å². The van der Waals surface area contributed by atoms with Gasteiger partial charge < -0.3 is 30.2 Å². The molecule has 0 aliphatic carbocycles. The first-order valence-electron chi connectivity index (χ1n) is 12.7. The number of anilines is 1. The number of nitrogens with two attached hydrogens (primary N) is 1. The highest BCUT2D eigenvalue weighted by Crippen LogP contribution is 2.30. The molecule has 3 N–H and O–H groups in total. The van der Waals surface area contributed by atoms with Gasteiger partial charge in [-0.25, -0.2) is 9.97 Å². The summed E-state index contributed by atoms with van der Waals surface area (Å²) in [4.78, 5) is 14.5. The molecule has 2 aromatic heterocycles. The van der Waals surface area contributed by atoms with Gasteiger partial charge in [0.1, 0.15) is 11.3 Å². The van der Waals surface area contributed by atoms with Crippen LogP contribution in [0.4, 0.5) is 5.82 Å². The molecule has 1 aliphatic heterocycles. The third-order valence-electron chi connectivity index (χ3n) is 6.72. The van der Waals surface area contributed by atoms with Gasteiger partial charge in [-0.15, -0.1) is 0 Å². The summed E-state index contributed by atoms with van der Waals surface area (Å²) in [5.41, 5.74) is 8.71. The van der Waals surface area contributed by atoms with Gasteiger partial charge >= 0.3 is 0 Å². The van der Waals surface area contributed by atoms with Gasteiger partial charge in [-0.3, -0.25) is 0 Å². The fourth-order valence-corrected chi connectivity index (χ4v) is 4.73. The molecule has 0 saturated carbocycles. The predicted molar refractivity (Wildman–Crippen MR) is 140 cm³/mol. The van der Waals surface area contributed by atoms with E-state index in [-0.39, 0.29) is 5.60 Å². The highest BCUT2D eigenvalue weighted by molar-refractivity contribution is 6.06. The monoisotopic (exact) mass is 467 g/mol. The van der Waals surface area contributed by atoms with E-state index >= 15 is 0 Å². The van der Waals surface area contributed by atoms with Crippen molar-refractivity contribution in [1.29, 1.82) is 0 Å². The van der Waals surface area contributed by atoms with Gasteiger partial charge in [0.15, 0.2) is 5.82 Å². The van der Waals surface area contributed by atoms with Crippen LogP contribution < -0.4 is 11.1 Å². The topological polar surface area (TPSA) is 84.5 Å². The van der Waals surface area contributed by atoms with Crippen LogP contribution in [-0.2, 0) is 17.8 Å². The fraction of sp³-hybridized carbons (Fsp3) is 0.615. The second-order valence-corrected chi connectivity index (χ2v) is 10.1. The Morgan fingerprint density at radius 1 is 1.09 bits per heavy atom.